The molecule has 1 N–H and O–H groups in total. The Labute approximate surface area is 127 Å². The van der Waals surface area contributed by atoms with Crippen LogP contribution in [-0.2, 0) is 6.42 Å². The molecule has 0 unspecified atom stereocenters. The second-order valence-electron chi connectivity index (χ2n) is 4.03. The van der Waals surface area contributed by atoms with E-state index in [9.17, 15) is 5.26 Å². The minimum Gasteiger partial charge on any atom is -0.369 e. The molecule has 4 nitrogen and oxygen atoms in total. The van der Waals surface area contributed by atoms with Crippen LogP contribution in [0.1, 0.15) is 11.1 Å². The number of nitrogens with one attached hydrogen (secondary N) is 1. The smallest absolute Gasteiger partial charge is 0.148 e. The molecule has 0 aliphatic rings. The van der Waals surface area contributed by atoms with Crippen molar-refractivity contribution in [1.29, 1.82) is 5.26 Å². The van der Waals surface area contributed by atoms with Gasteiger partial charge in [-0.1, -0.05) is 23.7 Å². The summed E-state index contributed by atoms with van der Waals surface area (Å²) < 4.78 is 0. The molecule has 0 spiro atoms. The first kappa shape index (κ1) is 14.6. The van der Waals surface area contributed by atoms with Gasteiger partial charge in [0.05, 0.1) is 0 Å². The fraction of sp³-hybridized carbons (Fsp3) is 0.214. The SMILES string of the molecule is CSc1ncnc(NCCc2cccc(Cl)c2)c1C#N. The van der Waals surface area contributed by atoms with E-state index < -0.39 is 0 Å². The van der Waals surface area contributed by atoms with Gasteiger partial charge in [0.2, 0.25) is 0 Å². The Morgan fingerprint density at radius 3 is 2.95 bits per heavy atom. The van der Waals surface area contributed by atoms with Gasteiger partial charge in [-0.2, -0.15) is 5.26 Å². The van der Waals surface area contributed by atoms with Gasteiger partial charge in [-0.3, -0.25) is 0 Å². The molecular weight excluding hydrogens is 292 g/mol. The molecule has 1 heterocycles. The molecule has 0 bridgehead atoms. The lowest BCUT2D eigenvalue weighted by Crippen LogP contribution is -2.09. The van der Waals surface area contributed by atoms with Crippen LogP contribution < -0.4 is 5.32 Å². The molecule has 0 saturated heterocycles. The number of thioether (sulfide) groups is 1. The van der Waals surface area contributed by atoms with E-state index in [1.165, 1.54) is 18.1 Å². The maximum absolute atomic E-state index is 9.18. The van der Waals surface area contributed by atoms with Crippen LogP contribution in [0.3, 0.4) is 0 Å². The molecule has 0 aliphatic heterocycles. The predicted octanol–water partition coefficient (Wildman–Crippen LogP) is 3.38. The third-order valence-electron chi connectivity index (χ3n) is 2.71. The van der Waals surface area contributed by atoms with Gasteiger partial charge in [0.1, 0.15) is 28.8 Å². The first-order chi connectivity index (χ1) is 9.74. The zero-order chi connectivity index (χ0) is 14.4. The van der Waals surface area contributed by atoms with Crippen LogP contribution in [0.5, 0.6) is 0 Å². The van der Waals surface area contributed by atoms with Crippen LogP contribution in [0.2, 0.25) is 5.02 Å². The zero-order valence-electron chi connectivity index (χ0n) is 10.9. The molecule has 0 aliphatic carbocycles. The Morgan fingerprint density at radius 2 is 2.25 bits per heavy atom. The van der Waals surface area contributed by atoms with Crippen LogP contribution in [0, 0.1) is 11.3 Å². The number of rotatable bonds is 5. The Hall–Kier alpha value is -1.77. The molecule has 20 heavy (non-hydrogen) atoms. The number of hydrogen-bond donors (Lipinski definition) is 1. The van der Waals surface area contributed by atoms with Crippen LogP contribution in [-0.4, -0.2) is 22.8 Å². The number of nitrogens with zero attached hydrogens (tertiary/aromatic N) is 3. The average Bonchev–Trinajstić information content (AvgIpc) is 2.47. The monoisotopic (exact) mass is 304 g/mol. The molecule has 6 heteroatoms. The van der Waals surface area contributed by atoms with E-state index in [1.807, 2.05) is 30.5 Å². The Kier molecular flexibility index (Phi) is 5.22. The van der Waals surface area contributed by atoms with E-state index in [1.54, 1.807) is 0 Å². The van der Waals surface area contributed by atoms with E-state index in [-0.39, 0.29) is 0 Å². The lowest BCUT2D eigenvalue weighted by atomic mass is 10.1. The molecule has 0 amide bonds. The topological polar surface area (TPSA) is 61.6 Å². The molecule has 2 aromatic rings. The number of halogens is 1. The third-order valence-corrected chi connectivity index (χ3v) is 3.64. The van der Waals surface area contributed by atoms with Crippen molar-refractivity contribution in [2.75, 3.05) is 18.1 Å². The van der Waals surface area contributed by atoms with Gasteiger partial charge >= 0.3 is 0 Å². The molecule has 0 radical (unpaired) electrons. The Balaban J connectivity index is 2.03. The van der Waals surface area contributed by atoms with Crippen LogP contribution in [0.4, 0.5) is 5.82 Å². The predicted molar refractivity (Wildman–Crippen MR) is 82.2 cm³/mol. The van der Waals surface area contributed by atoms with Crippen molar-refractivity contribution in [2.45, 2.75) is 11.4 Å². The largest absolute Gasteiger partial charge is 0.369 e. The second kappa shape index (κ2) is 7.13. The van der Waals surface area contributed by atoms with Crippen molar-refractivity contribution >= 4 is 29.2 Å². The van der Waals surface area contributed by atoms with E-state index in [2.05, 4.69) is 21.4 Å². The first-order valence-corrected chi connectivity index (χ1v) is 7.62. The number of aromatic nitrogens is 2. The molecule has 0 saturated carbocycles. The molecule has 0 fully saturated rings. The van der Waals surface area contributed by atoms with Gasteiger partial charge in [0, 0.05) is 11.6 Å². The number of nitriles is 1. The first-order valence-electron chi connectivity index (χ1n) is 6.02. The van der Waals surface area contributed by atoms with E-state index in [0.29, 0.717) is 23.0 Å². The number of anilines is 1. The summed E-state index contributed by atoms with van der Waals surface area (Å²) in [4.78, 5) is 8.20. The van der Waals surface area contributed by atoms with Crippen molar-refractivity contribution < 1.29 is 0 Å². The minimum absolute atomic E-state index is 0.492. The highest BCUT2D eigenvalue weighted by molar-refractivity contribution is 7.98. The number of benzene rings is 1. The fourth-order valence-corrected chi connectivity index (χ4v) is 2.49. The van der Waals surface area contributed by atoms with Crippen LogP contribution in [0.15, 0.2) is 35.6 Å². The normalized spacial score (nSPS) is 10.1. The lowest BCUT2D eigenvalue weighted by molar-refractivity contribution is 0.972. The van der Waals surface area contributed by atoms with Gasteiger partial charge in [-0.15, -0.1) is 11.8 Å². The van der Waals surface area contributed by atoms with Crippen molar-refractivity contribution in [2.24, 2.45) is 0 Å². The highest BCUT2D eigenvalue weighted by Crippen LogP contribution is 2.21. The maximum Gasteiger partial charge on any atom is 0.148 e. The third kappa shape index (κ3) is 3.62. The molecule has 1 aromatic carbocycles. The summed E-state index contributed by atoms with van der Waals surface area (Å²) in [5, 5.41) is 13.8. The molecule has 0 atom stereocenters. The Bertz CT molecular complexity index is 639. The van der Waals surface area contributed by atoms with Gasteiger partial charge < -0.3 is 5.32 Å². The summed E-state index contributed by atoms with van der Waals surface area (Å²) >= 11 is 7.38. The van der Waals surface area contributed by atoms with Gasteiger partial charge in [-0.25, -0.2) is 9.97 Å². The summed E-state index contributed by atoms with van der Waals surface area (Å²) in [7, 11) is 0. The molecular formula is C14H13ClN4S. The Morgan fingerprint density at radius 1 is 1.40 bits per heavy atom. The standard InChI is InChI=1S/C14H13ClN4S/c1-20-14-12(8-16)13(18-9-19-14)17-6-5-10-3-2-4-11(15)7-10/h2-4,7,9H,5-6H2,1H3,(H,17,18,19). The average molecular weight is 305 g/mol. The van der Waals surface area contributed by atoms with Gasteiger partial charge in [0.15, 0.2) is 0 Å². The fourth-order valence-electron chi connectivity index (χ4n) is 1.78. The molecule has 1 aromatic heterocycles. The zero-order valence-corrected chi connectivity index (χ0v) is 12.5. The second-order valence-corrected chi connectivity index (χ2v) is 5.26. The highest BCUT2D eigenvalue weighted by Gasteiger charge is 2.09. The van der Waals surface area contributed by atoms with Crippen LogP contribution in [0.25, 0.3) is 0 Å². The van der Waals surface area contributed by atoms with Crippen molar-refractivity contribution in [3.8, 4) is 6.07 Å². The summed E-state index contributed by atoms with van der Waals surface area (Å²) in [6, 6.07) is 9.87. The summed E-state index contributed by atoms with van der Waals surface area (Å²) in [5.41, 5.74) is 1.63. The van der Waals surface area contributed by atoms with Crippen LogP contribution >= 0.6 is 23.4 Å². The van der Waals surface area contributed by atoms with Gasteiger partial charge in [-0.05, 0) is 30.4 Å². The maximum atomic E-state index is 9.18. The quantitative estimate of drug-likeness (QED) is 0.678. The summed E-state index contributed by atoms with van der Waals surface area (Å²) in [6.45, 7) is 0.680. The minimum atomic E-state index is 0.492. The summed E-state index contributed by atoms with van der Waals surface area (Å²) in [6.07, 6.45) is 4.16. The van der Waals surface area contributed by atoms with E-state index in [4.69, 9.17) is 11.6 Å². The van der Waals surface area contributed by atoms with E-state index >= 15 is 0 Å². The molecule has 102 valence electrons. The van der Waals surface area contributed by atoms with E-state index in [0.717, 1.165) is 17.0 Å². The summed E-state index contributed by atoms with van der Waals surface area (Å²) in [5.74, 6) is 0.578. The van der Waals surface area contributed by atoms with Crippen molar-refractivity contribution in [3.05, 3.63) is 46.7 Å². The highest BCUT2D eigenvalue weighted by atomic mass is 35.5. The van der Waals surface area contributed by atoms with Crippen molar-refractivity contribution in [3.63, 3.8) is 0 Å². The molecule has 2 rings (SSSR count). The van der Waals surface area contributed by atoms with Crippen molar-refractivity contribution in [1.82, 2.24) is 9.97 Å². The van der Waals surface area contributed by atoms with Gasteiger partial charge in [0.25, 0.3) is 0 Å². The lowest BCUT2D eigenvalue weighted by Gasteiger charge is -2.08. The number of hydrogen-bond acceptors (Lipinski definition) is 5.